The highest BCUT2D eigenvalue weighted by molar-refractivity contribution is 8.00. The van der Waals surface area contributed by atoms with Crippen molar-refractivity contribution in [3.63, 3.8) is 0 Å². The maximum absolute atomic E-state index is 13.5. The van der Waals surface area contributed by atoms with Crippen LogP contribution in [-0.4, -0.2) is 16.0 Å². The van der Waals surface area contributed by atoms with E-state index in [9.17, 15) is 4.79 Å². The van der Waals surface area contributed by atoms with Crippen molar-refractivity contribution < 1.29 is 4.79 Å². The fourth-order valence-corrected chi connectivity index (χ4v) is 5.97. The number of carbonyl (C=O) groups excluding carboxylic acids is 1. The average molecular weight is 587 g/mol. The molecular weight excluding hydrogens is 564 g/mol. The maximum Gasteiger partial charge on any atom is 0.244 e. The standard InChI is InChI=1S/C30H23ClN4OS3/c31-25-14-8-7-13-24(25)26-19-38-30(34-26)35-28(36)27(20-9-3-1-4-10-20)39-23-17-15-22(16-18-23)33-29(37)32-21-11-5-2-6-12-21/h1-19,27H,(H2,32,33,37)(H,34,35,36). The summed E-state index contributed by atoms with van der Waals surface area (Å²) in [5.74, 6) is -0.151. The highest BCUT2D eigenvalue weighted by atomic mass is 35.5. The number of thiocarbonyl (C=S) groups is 1. The Morgan fingerprint density at radius 1 is 0.795 bits per heavy atom. The monoisotopic (exact) mass is 586 g/mol. The van der Waals surface area contributed by atoms with Crippen molar-refractivity contribution in [3.05, 3.63) is 125 Å². The van der Waals surface area contributed by atoms with Gasteiger partial charge in [0.25, 0.3) is 0 Å². The summed E-state index contributed by atoms with van der Waals surface area (Å²) >= 11 is 14.6. The van der Waals surface area contributed by atoms with Gasteiger partial charge < -0.3 is 16.0 Å². The Balaban J connectivity index is 1.27. The molecule has 1 amide bonds. The molecule has 0 aliphatic rings. The lowest BCUT2D eigenvalue weighted by Crippen LogP contribution is -2.19. The van der Waals surface area contributed by atoms with Gasteiger partial charge in [0.15, 0.2) is 10.2 Å². The molecule has 1 heterocycles. The predicted octanol–water partition coefficient (Wildman–Crippen LogP) is 8.74. The molecule has 9 heteroatoms. The van der Waals surface area contributed by atoms with Crippen molar-refractivity contribution in [3.8, 4) is 11.3 Å². The smallest absolute Gasteiger partial charge is 0.244 e. The van der Waals surface area contributed by atoms with Crippen LogP contribution in [0.3, 0.4) is 0 Å². The van der Waals surface area contributed by atoms with Crippen LogP contribution in [0.25, 0.3) is 11.3 Å². The maximum atomic E-state index is 13.5. The molecule has 1 atom stereocenters. The number of benzene rings is 4. The molecule has 0 spiro atoms. The first-order valence-electron chi connectivity index (χ1n) is 12.0. The van der Waals surface area contributed by atoms with Crippen molar-refractivity contribution in [1.29, 1.82) is 0 Å². The molecule has 1 unspecified atom stereocenters. The molecule has 5 rings (SSSR count). The molecule has 0 saturated heterocycles. The van der Waals surface area contributed by atoms with Crippen molar-refractivity contribution in [2.45, 2.75) is 10.1 Å². The molecule has 0 aliphatic heterocycles. The van der Waals surface area contributed by atoms with Gasteiger partial charge in [0.2, 0.25) is 5.91 Å². The number of thioether (sulfide) groups is 1. The minimum atomic E-state index is -0.474. The normalized spacial score (nSPS) is 11.4. The lowest BCUT2D eigenvalue weighted by molar-refractivity contribution is -0.115. The summed E-state index contributed by atoms with van der Waals surface area (Å²) in [5.41, 5.74) is 4.23. The number of para-hydroxylation sites is 1. The Morgan fingerprint density at radius 2 is 1.41 bits per heavy atom. The van der Waals surface area contributed by atoms with Gasteiger partial charge in [0, 0.05) is 32.2 Å². The molecule has 0 fully saturated rings. The summed E-state index contributed by atoms with van der Waals surface area (Å²) in [6, 6.07) is 34.8. The van der Waals surface area contributed by atoms with Gasteiger partial charge in [-0.25, -0.2) is 4.98 Å². The second-order valence-electron chi connectivity index (χ2n) is 8.39. The summed E-state index contributed by atoms with van der Waals surface area (Å²) in [7, 11) is 0. The summed E-state index contributed by atoms with van der Waals surface area (Å²) in [6.07, 6.45) is 0. The van der Waals surface area contributed by atoms with Crippen molar-refractivity contribution >= 4 is 74.4 Å². The van der Waals surface area contributed by atoms with Crippen molar-refractivity contribution in [2.24, 2.45) is 0 Å². The van der Waals surface area contributed by atoms with Gasteiger partial charge in [-0.1, -0.05) is 78.3 Å². The van der Waals surface area contributed by atoms with Gasteiger partial charge in [0.1, 0.15) is 5.25 Å². The largest absolute Gasteiger partial charge is 0.332 e. The number of amides is 1. The topological polar surface area (TPSA) is 66.0 Å². The Morgan fingerprint density at radius 3 is 2.10 bits per heavy atom. The van der Waals surface area contributed by atoms with Crippen LogP contribution in [0.15, 0.2) is 119 Å². The molecule has 0 aliphatic carbocycles. The number of carbonyl (C=O) groups is 1. The zero-order valence-electron chi connectivity index (χ0n) is 20.5. The van der Waals surface area contributed by atoms with Crippen LogP contribution < -0.4 is 16.0 Å². The van der Waals surface area contributed by atoms with Gasteiger partial charge in [0.05, 0.1) is 5.69 Å². The Bertz CT molecular complexity index is 1560. The third kappa shape index (κ3) is 7.25. The van der Waals surface area contributed by atoms with Crippen molar-refractivity contribution in [1.82, 2.24) is 4.98 Å². The number of rotatable bonds is 8. The second kappa shape index (κ2) is 12.9. The van der Waals surface area contributed by atoms with E-state index >= 15 is 0 Å². The molecule has 5 nitrogen and oxygen atoms in total. The number of thiazole rings is 1. The van der Waals surface area contributed by atoms with E-state index in [-0.39, 0.29) is 5.91 Å². The van der Waals surface area contributed by atoms with E-state index in [1.807, 2.05) is 115 Å². The van der Waals surface area contributed by atoms with Gasteiger partial charge in [-0.05, 0) is 60.2 Å². The van der Waals surface area contributed by atoms with Crippen LogP contribution >= 0.6 is 46.9 Å². The second-order valence-corrected chi connectivity index (χ2v) is 11.2. The van der Waals surface area contributed by atoms with Gasteiger partial charge >= 0.3 is 0 Å². The molecule has 5 aromatic rings. The summed E-state index contributed by atoms with van der Waals surface area (Å²) in [5, 5.41) is 12.4. The van der Waals surface area contributed by atoms with Gasteiger partial charge in [-0.15, -0.1) is 23.1 Å². The third-order valence-corrected chi connectivity index (χ3v) is 8.18. The Kier molecular flexibility index (Phi) is 8.90. The first kappa shape index (κ1) is 26.9. The van der Waals surface area contributed by atoms with Crippen LogP contribution in [0.5, 0.6) is 0 Å². The number of aromatic nitrogens is 1. The van der Waals surface area contributed by atoms with Crippen LogP contribution in [0.2, 0.25) is 5.02 Å². The zero-order valence-corrected chi connectivity index (χ0v) is 23.7. The minimum absolute atomic E-state index is 0.151. The van der Waals surface area contributed by atoms with Crippen molar-refractivity contribution in [2.75, 3.05) is 16.0 Å². The molecule has 0 radical (unpaired) electrons. The molecule has 3 N–H and O–H groups in total. The Hall–Kier alpha value is -3.69. The first-order valence-corrected chi connectivity index (χ1v) is 14.6. The SMILES string of the molecule is O=C(Nc1nc(-c2ccccc2Cl)cs1)C(Sc1ccc(NC(=S)Nc2ccccc2)cc1)c1ccccc1. The molecule has 0 saturated carbocycles. The molecular formula is C30H23ClN4OS3. The first-order chi connectivity index (χ1) is 19.0. The fourth-order valence-electron chi connectivity index (χ4n) is 3.76. The number of anilines is 3. The van der Waals surface area contributed by atoms with Crippen LogP contribution in [0, 0.1) is 0 Å². The minimum Gasteiger partial charge on any atom is -0.332 e. The van der Waals surface area contributed by atoms with Gasteiger partial charge in [-0.3, -0.25) is 4.79 Å². The average Bonchev–Trinajstić information content (AvgIpc) is 3.42. The van der Waals surface area contributed by atoms with E-state index in [4.69, 9.17) is 23.8 Å². The van der Waals surface area contributed by atoms with E-state index in [1.165, 1.54) is 23.1 Å². The number of nitrogens with one attached hydrogen (secondary N) is 3. The summed E-state index contributed by atoms with van der Waals surface area (Å²) in [6.45, 7) is 0. The molecule has 0 bridgehead atoms. The van der Waals surface area contributed by atoms with Crippen LogP contribution in [-0.2, 0) is 4.79 Å². The van der Waals surface area contributed by atoms with E-state index in [2.05, 4.69) is 20.9 Å². The number of hydrogen-bond donors (Lipinski definition) is 3. The van der Waals surface area contributed by atoms with E-state index in [0.717, 1.165) is 33.1 Å². The molecule has 194 valence electrons. The van der Waals surface area contributed by atoms with E-state index in [0.29, 0.717) is 15.3 Å². The van der Waals surface area contributed by atoms with Gasteiger partial charge in [-0.2, -0.15) is 0 Å². The lowest BCUT2D eigenvalue weighted by atomic mass is 10.1. The fraction of sp³-hybridized carbons (Fsp3) is 0.0333. The van der Waals surface area contributed by atoms with Crippen LogP contribution in [0.1, 0.15) is 10.8 Å². The van der Waals surface area contributed by atoms with Crippen LogP contribution in [0.4, 0.5) is 16.5 Å². The van der Waals surface area contributed by atoms with E-state index in [1.54, 1.807) is 0 Å². The third-order valence-electron chi connectivity index (χ3n) is 5.62. The Labute approximate surface area is 245 Å². The lowest BCUT2D eigenvalue weighted by Gasteiger charge is -2.17. The zero-order chi connectivity index (χ0) is 27.0. The molecule has 1 aromatic heterocycles. The molecule has 4 aromatic carbocycles. The highest BCUT2D eigenvalue weighted by Crippen LogP contribution is 2.37. The predicted molar refractivity (Wildman–Crippen MR) is 169 cm³/mol. The molecule has 39 heavy (non-hydrogen) atoms. The number of halogens is 1. The summed E-state index contributed by atoms with van der Waals surface area (Å²) < 4.78 is 0. The van der Waals surface area contributed by atoms with E-state index < -0.39 is 5.25 Å². The number of nitrogens with zero attached hydrogens (tertiary/aromatic N) is 1. The quantitative estimate of drug-likeness (QED) is 0.125. The summed E-state index contributed by atoms with van der Waals surface area (Å²) in [4.78, 5) is 19.0. The highest BCUT2D eigenvalue weighted by Gasteiger charge is 2.23. The number of hydrogen-bond acceptors (Lipinski definition) is 5.